The first-order valence-corrected chi connectivity index (χ1v) is 7.56. The fourth-order valence-electron chi connectivity index (χ4n) is 3.12. The Bertz CT molecular complexity index is 1250. The molecule has 0 saturated heterocycles. The van der Waals surface area contributed by atoms with Gasteiger partial charge < -0.3 is 8.83 Å². The van der Waals surface area contributed by atoms with Crippen molar-refractivity contribution in [2.24, 2.45) is 0 Å². The highest BCUT2D eigenvalue weighted by atomic mass is 16.3. The molecule has 3 heteroatoms. The third-order valence-corrected chi connectivity index (χ3v) is 4.26. The Kier molecular flexibility index (Phi) is 2.42. The fraction of sp³-hybridized carbons (Fsp3) is 0.0500. The number of rotatable bonds is 0. The van der Waals surface area contributed by atoms with E-state index in [9.17, 15) is 4.79 Å². The molecule has 2 heterocycles. The molecule has 0 aliphatic heterocycles. The van der Waals surface area contributed by atoms with Gasteiger partial charge in [-0.15, -0.1) is 0 Å². The zero-order chi connectivity index (χ0) is 15.4. The minimum Gasteiger partial charge on any atom is -0.456 e. The zero-order valence-electron chi connectivity index (χ0n) is 12.2. The summed E-state index contributed by atoms with van der Waals surface area (Å²) in [6.45, 7) is 0. The van der Waals surface area contributed by atoms with E-state index in [4.69, 9.17) is 8.83 Å². The van der Waals surface area contributed by atoms with E-state index in [0.717, 1.165) is 28.4 Å². The average Bonchev–Trinajstić information content (AvgIpc) is 2.59. The van der Waals surface area contributed by atoms with Gasteiger partial charge in [-0.25, -0.2) is 0 Å². The van der Waals surface area contributed by atoms with Crippen LogP contribution in [-0.4, -0.2) is 0 Å². The molecule has 0 atom stereocenters. The molecule has 0 fully saturated rings. The van der Waals surface area contributed by atoms with E-state index in [2.05, 4.69) is 6.08 Å². The standard InChI is InChI=1S/C20H12O3/c21-20-14-9-12-5-1-3-7-16(12)22-18(14)11-19-15(20)10-13-6-2-4-8-17(13)23-19/h1-3,5-11H,4H2. The van der Waals surface area contributed by atoms with Crippen LogP contribution < -0.4 is 10.8 Å². The summed E-state index contributed by atoms with van der Waals surface area (Å²) < 4.78 is 11.8. The fourth-order valence-corrected chi connectivity index (χ4v) is 3.12. The lowest BCUT2D eigenvalue weighted by Gasteiger charge is -2.06. The van der Waals surface area contributed by atoms with E-state index < -0.39 is 0 Å². The van der Waals surface area contributed by atoms with Crippen LogP contribution >= 0.6 is 0 Å². The first-order valence-electron chi connectivity index (χ1n) is 7.56. The van der Waals surface area contributed by atoms with Crippen molar-refractivity contribution in [1.29, 1.82) is 0 Å². The molecule has 1 aliphatic rings. The number of hydrogen-bond donors (Lipinski definition) is 0. The number of fused-ring (bicyclic) bond motifs is 4. The van der Waals surface area contributed by atoms with Crippen LogP contribution in [0.2, 0.25) is 0 Å². The molecule has 0 bridgehead atoms. The minimum absolute atomic E-state index is 0.0578. The maximum Gasteiger partial charge on any atom is 0.200 e. The van der Waals surface area contributed by atoms with Crippen molar-refractivity contribution in [3.05, 3.63) is 69.7 Å². The summed E-state index contributed by atoms with van der Waals surface area (Å²) in [7, 11) is 0. The van der Waals surface area contributed by atoms with Crippen LogP contribution in [0.15, 0.2) is 62.2 Å². The van der Waals surface area contributed by atoms with Gasteiger partial charge in [-0.1, -0.05) is 30.4 Å². The van der Waals surface area contributed by atoms with E-state index >= 15 is 0 Å². The van der Waals surface area contributed by atoms with Gasteiger partial charge >= 0.3 is 0 Å². The summed E-state index contributed by atoms with van der Waals surface area (Å²) in [5.41, 5.74) is 3.56. The molecule has 1 aliphatic carbocycles. The second kappa shape index (κ2) is 4.46. The summed E-state index contributed by atoms with van der Waals surface area (Å²) in [5, 5.41) is 2.08. The van der Waals surface area contributed by atoms with Crippen molar-refractivity contribution in [3.8, 4) is 0 Å². The monoisotopic (exact) mass is 300 g/mol. The van der Waals surface area contributed by atoms with Gasteiger partial charge in [0.2, 0.25) is 5.43 Å². The van der Waals surface area contributed by atoms with Gasteiger partial charge in [-0.05, 0) is 30.7 Å². The highest BCUT2D eigenvalue weighted by Crippen LogP contribution is 2.24. The van der Waals surface area contributed by atoms with E-state index in [1.165, 1.54) is 0 Å². The van der Waals surface area contributed by atoms with Gasteiger partial charge in [0.25, 0.3) is 0 Å². The third kappa shape index (κ3) is 1.80. The average molecular weight is 300 g/mol. The number of allylic oxidation sites excluding steroid dienone is 1. The van der Waals surface area contributed by atoms with Crippen LogP contribution in [0.1, 0.15) is 12.0 Å². The molecule has 0 amide bonds. The molecule has 2 aromatic carbocycles. The van der Waals surface area contributed by atoms with Crippen molar-refractivity contribution >= 4 is 45.1 Å². The lowest BCUT2D eigenvalue weighted by Crippen LogP contribution is -2.11. The molecule has 3 nitrogen and oxygen atoms in total. The minimum atomic E-state index is -0.0578. The summed E-state index contributed by atoms with van der Waals surface area (Å²) in [6.07, 6.45) is 6.90. The topological polar surface area (TPSA) is 43.4 Å². The van der Waals surface area contributed by atoms with E-state index in [1.54, 1.807) is 0 Å². The van der Waals surface area contributed by atoms with Gasteiger partial charge in [0.15, 0.2) is 0 Å². The third-order valence-electron chi connectivity index (χ3n) is 4.26. The molecular weight excluding hydrogens is 288 g/mol. The largest absolute Gasteiger partial charge is 0.456 e. The Labute approximate surface area is 130 Å². The van der Waals surface area contributed by atoms with Crippen LogP contribution in [0.3, 0.4) is 0 Å². The first-order chi connectivity index (χ1) is 11.3. The smallest absolute Gasteiger partial charge is 0.200 e. The lowest BCUT2D eigenvalue weighted by molar-refractivity contribution is 0.561. The molecule has 0 radical (unpaired) electrons. The molecule has 4 aromatic rings. The van der Waals surface area contributed by atoms with Gasteiger partial charge in [-0.2, -0.15) is 0 Å². The van der Waals surface area contributed by atoms with E-state index in [-0.39, 0.29) is 5.43 Å². The highest BCUT2D eigenvalue weighted by Gasteiger charge is 2.12. The molecule has 0 N–H and O–H groups in total. The molecule has 5 rings (SSSR count). The van der Waals surface area contributed by atoms with E-state index in [1.807, 2.05) is 54.6 Å². The molecule has 0 spiro atoms. The van der Waals surface area contributed by atoms with E-state index in [0.29, 0.717) is 21.9 Å². The van der Waals surface area contributed by atoms with Gasteiger partial charge in [-0.3, -0.25) is 4.79 Å². The van der Waals surface area contributed by atoms with Crippen molar-refractivity contribution in [3.63, 3.8) is 0 Å². The van der Waals surface area contributed by atoms with Crippen molar-refractivity contribution < 1.29 is 8.83 Å². The normalized spacial score (nSPS) is 13.4. The highest BCUT2D eigenvalue weighted by molar-refractivity contribution is 5.97. The van der Waals surface area contributed by atoms with Crippen molar-refractivity contribution in [2.45, 2.75) is 6.42 Å². The molecule has 23 heavy (non-hydrogen) atoms. The summed E-state index contributed by atoms with van der Waals surface area (Å²) >= 11 is 0. The SMILES string of the molecule is O=c1c2cc3c(oc2cc2oc4ccccc4cc12)=CCC=C3. The molecule has 0 unspecified atom stereocenters. The second-order valence-corrected chi connectivity index (χ2v) is 5.72. The molecule has 0 saturated carbocycles. The quantitative estimate of drug-likeness (QED) is 0.458. The summed E-state index contributed by atoms with van der Waals surface area (Å²) in [6, 6.07) is 13.3. The number of para-hydroxylation sites is 1. The predicted molar refractivity (Wildman–Crippen MR) is 91.9 cm³/mol. The van der Waals surface area contributed by atoms with Crippen LogP contribution in [0.5, 0.6) is 0 Å². The zero-order valence-corrected chi connectivity index (χ0v) is 12.2. The van der Waals surface area contributed by atoms with Crippen LogP contribution in [0.4, 0.5) is 0 Å². The van der Waals surface area contributed by atoms with Crippen molar-refractivity contribution in [2.75, 3.05) is 0 Å². The first kappa shape index (κ1) is 12.5. The Morgan fingerprint density at radius 1 is 0.870 bits per heavy atom. The predicted octanol–water partition coefficient (Wildman–Crippen LogP) is 4.17. The molecule has 2 aromatic heterocycles. The summed E-state index contributed by atoms with van der Waals surface area (Å²) in [5.74, 6) is 0. The Morgan fingerprint density at radius 2 is 1.70 bits per heavy atom. The Balaban J connectivity index is 1.99. The number of benzene rings is 2. The number of hydrogen-bond acceptors (Lipinski definition) is 3. The van der Waals surface area contributed by atoms with Crippen LogP contribution in [0.25, 0.3) is 45.1 Å². The van der Waals surface area contributed by atoms with Crippen LogP contribution in [-0.2, 0) is 0 Å². The van der Waals surface area contributed by atoms with Gasteiger partial charge in [0.05, 0.1) is 10.8 Å². The molecule has 110 valence electrons. The molecular formula is C20H12O3. The summed E-state index contributed by atoms with van der Waals surface area (Å²) in [4.78, 5) is 12.9. The van der Waals surface area contributed by atoms with Crippen LogP contribution in [0, 0.1) is 0 Å². The maximum absolute atomic E-state index is 12.9. The Hall–Kier alpha value is -3.07. The van der Waals surface area contributed by atoms with Crippen molar-refractivity contribution in [1.82, 2.24) is 0 Å². The van der Waals surface area contributed by atoms with Gasteiger partial charge in [0.1, 0.15) is 22.2 Å². The van der Waals surface area contributed by atoms with Gasteiger partial charge in [0, 0.05) is 17.0 Å². The maximum atomic E-state index is 12.9. The Morgan fingerprint density at radius 3 is 2.65 bits per heavy atom. The lowest BCUT2D eigenvalue weighted by atomic mass is 10.1. The second-order valence-electron chi connectivity index (χ2n) is 5.72.